The number of esters is 1. The number of nitrogens with zero attached hydrogens (tertiary/aromatic N) is 5. The van der Waals surface area contributed by atoms with Crippen LogP contribution in [0.2, 0.25) is 0 Å². The Labute approximate surface area is 186 Å². The van der Waals surface area contributed by atoms with Gasteiger partial charge in [0, 0.05) is 37.9 Å². The number of thiazole rings is 1. The third kappa shape index (κ3) is 4.06. The molecule has 0 saturated carbocycles. The Morgan fingerprint density at radius 2 is 2.16 bits per heavy atom. The Morgan fingerprint density at radius 3 is 2.87 bits per heavy atom. The lowest BCUT2D eigenvalue weighted by Gasteiger charge is -2.38. The summed E-state index contributed by atoms with van der Waals surface area (Å²) in [5, 5.41) is 5.11. The normalized spacial score (nSPS) is 22.9. The van der Waals surface area contributed by atoms with Crippen LogP contribution in [0.4, 0.5) is 11.8 Å². The molecule has 0 spiro atoms. The fourth-order valence-electron chi connectivity index (χ4n) is 3.99. The van der Waals surface area contributed by atoms with Crippen molar-refractivity contribution in [2.24, 2.45) is 0 Å². The Balaban J connectivity index is 1.28. The molecule has 2 aromatic rings. The zero-order valence-electron chi connectivity index (χ0n) is 17.0. The van der Waals surface area contributed by atoms with Crippen molar-refractivity contribution in [2.45, 2.75) is 36.8 Å². The van der Waals surface area contributed by atoms with Gasteiger partial charge in [-0.1, -0.05) is 0 Å². The molecule has 2 aromatic heterocycles. The summed E-state index contributed by atoms with van der Waals surface area (Å²) in [4.78, 5) is 41.6. The van der Waals surface area contributed by atoms with E-state index in [4.69, 9.17) is 9.72 Å². The van der Waals surface area contributed by atoms with Gasteiger partial charge in [-0.3, -0.25) is 4.79 Å². The van der Waals surface area contributed by atoms with Crippen LogP contribution in [-0.2, 0) is 27.1 Å². The predicted molar refractivity (Wildman–Crippen MR) is 117 cm³/mol. The highest BCUT2D eigenvalue weighted by atomic mass is 32.2. The molecule has 31 heavy (non-hydrogen) atoms. The Morgan fingerprint density at radius 1 is 1.32 bits per heavy atom. The minimum Gasteiger partial charge on any atom is -0.454 e. The first-order chi connectivity index (χ1) is 15.0. The number of aromatic nitrogens is 3. The van der Waals surface area contributed by atoms with E-state index in [0.717, 1.165) is 23.6 Å². The lowest BCUT2D eigenvalue weighted by atomic mass is 10.2. The first kappa shape index (κ1) is 20.5. The molecule has 0 bridgehead atoms. The van der Waals surface area contributed by atoms with E-state index in [2.05, 4.69) is 15.3 Å². The summed E-state index contributed by atoms with van der Waals surface area (Å²) in [5.41, 5.74) is 2.79. The van der Waals surface area contributed by atoms with Gasteiger partial charge in [0.2, 0.25) is 11.9 Å². The number of likely N-dealkylation sites (tertiary alicyclic amines) is 1. The summed E-state index contributed by atoms with van der Waals surface area (Å²) in [6, 6.07) is 0.0940. The number of ether oxygens (including phenoxy) is 1. The molecule has 0 aliphatic carbocycles. The maximum Gasteiger partial charge on any atom is 0.358 e. The summed E-state index contributed by atoms with van der Waals surface area (Å²) < 4.78 is 16.0. The molecule has 0 radical (unpaired) electrons. The SMILES string of the molecule is CC(=O)N1CC[C@H](Nc2nc(N3CC(OC(=O)c4cscn4)C3)nc3c2[S+](O)CC3)C1. The summed E-state index contributed by atoms with van der Waals surface area (Å²) in [6.07, 6.45) is 1.32. The second-order valence-corrected chi connectivity index (χ2v) is 10.1. The monoisotopic (exact) mass is 463 g/mol. The van der Waals surface area contributed by atoms with Crippen LogP contribution in [-0.4, -0.2) is 80.4 Å². The highest BCUT2D eigenvalue weighted by Crippen LogP contribution is 2.34. The second-order valence-electron chi connectivity index (χ2n) is 7.87. The van der Waals surface area contributed by atoms with E-state index in [1.807, 2.05) is 9.80 Å². The van der Waals surface area contributed by atoms with Gasteiger partial charge >= 0.3 is 5.97 Å². The molecule has 1 unspecified atom stereocenters. The van der Waals surface area contributed by atoms with Gasteiger partial charge in [0.25, 0.3) is 4.90 Å². The standard InChI is InChI=1S/C19H23N6O4S2/c1-11(26)24-4-2-12(6-24)21-17-16-14(3-5-31(16)28)22-19(23-17)25-7-13(8-25)29-18(27)15-9-30-10-20-15/h9-10,12-13,28H,2-8H2,1H3,(H,21,22,23)/q+1/t12-,31?/m0/s1. The average Bonchev–Trinajstić information content (AvgIpc) is 3.45. The van der Waals surface area contributed by atoms with Crippen molar-refractivity contribution in [3.8, 4) is 0 Å². The van der Waals surface area contributed by atoms with Crippen molar-refractivity contribution in [1.82, 2.24) is 19.9 Å². The molecule has 5 heterocycles. The summed E-state index contributed by atoms with van der Waals surface area (Å²) in [6.45, 7) is 3.95. The van der Waals surface area contributed by atoms with Crippen molar-refractivity contribution < 1.29 is 18.9 Å². The van der Waals surface area contributed by atoms with Gasteiger partial charge in [-0.25, -0.2) is 14.8 Å². The number of amides is 1. The number of hydrogen-bond acceptors (Lipinski definition) is 10. The molecule has 0 aromatic carbocycles. The molecule has 5 rings (SSSR count). The summed E-state index contributed by atoms with van der Waals surface area (Å²) in [5.74, 6) is 1.53. The zero-order chi connectivity index (χ0) is 21.5. The van der Waals surface area contributed by atoms with Gasteiger partial charge < -0.3 is 19.9 Å². The third-order valence-electron chi connectivity index (χ3n) is 5.71. The van der Waals surface area contributed by atoms with E-state index in [0.29, 0.717) is 49.3 Å². The van der Waals surface area contributed by atoms with Crippen molar-refractivity contribution in [1.29, 1.82) is 0 Å². The number of carbonyl (C=O) groups excluding carboxylic acids is 2. The minimum atomic E-state index is -0.876. The predicted octanol–water partition coefficient (Wildman–Crippen LogP) is 1.02. The summed E-state index contributed by atoms with van der Waals surface area (Å²) in [7, 11) is 0. The van der Waals surface area contributed by atoms with Crippen LogP contribution >= 0.6 is 11.3 Å². The van der Waals surface area contributed by atoms with Crippen LogP contribution < -0.4 is 10.2 Å². The maximum atomic E-state index is 12.1. The van der Waals surface area contributed by atoms with E-state index in [9.17, 15) is 14.1 Å². The topological polar surface area (TPSA) is 121 Å². The van der Waals surface area contributed by atoms with Gasteiger partial charge in [-0.15, -0.1) is 11.3 Å². The second kappa shape index (κ2) is 8.24. The number of fused-ring (bicyclic) bond motifs is 1. The third-order valence-corrected chi connectivity index (χ3v) is 7.79. The van der Waals surface area contributed by atoms with Crippen LogP contribution in [0.3, 0.4) is 0 Å². The molecule has 2 N–H and O–H groups in total. The average molecular weight is 464 g/mol. The van der Waals surface area contributed by atoms with Gasteiger partial charge in [0.15, 0.2) is 28.4 Å². The Kier molecular flexibility index (Phi) is 5.44. The van der Waals surface area contributed by atoms with Crippen molar-refractivity contribution in [2.75, 3.05) is 42.1 Å². The summed E-state index contributed by atoms with van der Waals surface area (Å²) >= 11 is 0.479. The number of aryl methyl sites for hydroxylation is 1. The van der Waals surface area contributed by atoms with Crippen LogP contribution in [0.15, 0.2) is 15.8 Å². The fraction of sp³-hybridized carbons (Fsp3) is 0.526. The Hall–Kier alpha value is -2.44. The van der Waals surface area contributed by atoms with Crippen molar-refractivity contribution in [3.63, 3.8) is 0 Å². The first-order valence-corrected chi connectivity index (χ1v) is 12.4. The number of hydrogen-bond donors (Lipinski definition) is 2. The number of anilines is 2. The highest BCUT2D eigenvalue weighted by Gasteiger charge is 2.41. The highest BCUT2D eigenvalue weighted by molar-refractivity contribution is 7.92. The molecule has 10 nitrogen and oxygen atoms in total. The van der Waals surface area contributed by atoms with Crippen molar-refractivity contribution >= 4 is 46.2 Å². The number of carbonyl (C=O) groups is 2. The van der Waals surface area contributed by atoms with Gasteiger partial charge in [-0.2, -0.15) is 9.54 Å². The van der Waals surface area contributed by atoms with E-state index in [1.54, 1.807) is 17.8 Å². The largest absolute Gasteiger partial charge is 0.454 e. The van der Waals surface area contributed by atoms with Gasteiger partial charge in [0.05, 0.1) is 18.6 Å². The molecule has 3 aliphatic rings. The lowest BCUT2D eigenvalue weighted by molar-refractivity contribution is -0.127. The lowest BCUT2D eigenvalue weighted by Crippen LogP contribution is -2.53. The van der Waals surface area contributed by atoms with Crippen LogP contribution in [0.1, 0.15) is 29.5 Å². The molecule has 12 heteroatoms. The zero-order valence-corrected chi connectivity index (χ0v) is 18.6. The number of nitrogens with one attached hydrogen (secondary N) is 1. The number of rotatable bonds is 5. The van der Waals surface area contributed by atoms with E-state index >= 15 is 0 Å². The van der Waals surface area contributed by atoms with Gasteiger partial charge in [0.1, 0.15) is 11.8 Å². The fourth-order valence-corrected chi connectivity index (χ4v) is 5.85. The van der Waals surface area contributed by atoms with E-state index < -0.39 is 17.1 Å². The molecule has 2 atom stereocenters. The Bertz CT molecular complexity index is 998. The molecular formula is C19H23N6O4S2+. The van der Waals surface area contributed by atoms with Crippen LogP contribution in [0.5, 0.6) is 0 Å². The molecule has 2 fully saturated rings. The molecule has 164 valence electrons. The molecule has 2 saturated heterocycles. The van der Waals surface area contributed by atoms with Crippen LogP contribution in [0, 0.1) is 0 Å². The molecule has 3 aliphatic heterocycles. The van der Waals surface area contributed by atoms with Crippen molar-refractivity contribution in [3.05, 3.63) is 22.3 Å². The first-order valence-electron chi connectivity index (χ1n) is 10.1. The molecule has 1 amide bonds. The quantitative estimate of drug-likeness (QED) is 0.494. The van der Waals surface area contributed by atoms with Gasteiger partial charge in [-0.05, 0) is 6.42 Å². The smallest absolute Gasteiger partial charge is 0.358 e. The van der Waals surface area contributed by atoms with E-state index in [-0.39, 0.29) is 18.1 Å². The van der Waals surface area contributed by atoms with Crippen LogP contribution in [0.25, 0.3) is 0 Å². The van der Waals surface area contributed by atoms with E-state index in [1.165, 1.54) is 11.3 Å². The minimum absolute atomic E-state index is 0.0682. The maximum absolute atomic E-state index is 12.1. The molecular weight excluding hydrogens is 440 g/mol.